The summed E-state index contributed by atoms with van der Waals surface area (Å²) in [6.45, 7) is 9.06. The van der Waals surface area contributed by atoms with E-state index in [0.29, 0.717) is 0 Å². The molecule has 3 heterocycles. The molecule has 19 nitrogen and oxygen atoms in total. The Morgan fingerprint density at radius 3 is 2.02 bits per heavy atom. The van der Waals surface area contributed by atoms with E-state index in [1.807, 2.05) is 0 Å². The summed E-state index contributed by atoms with van der Waals surface area (Å²) in [6.07, 6.45) is -14.2. The Balaban J connectivity index is 2.08. The number of hydrogen-bond acceptors (Lipinski definition) is 18. The number of ketones is 1. The number of carbonyl (C=O) groups is 2. The minimum absolute atomic E-state index is 0.0722. The maximum atomic E-state index is 13.8. The molecule has 2 unspecified atom stereocenters. The van der Waals surface area contributed by atoms with Gasteiger partial charge in [-0.05, 0) is 51.7 Å². The first-order valence-electron chi connectivity index (χ1n) is 20.8. The largest absolute Gasteiger partial charge is 0.633 e. The molecule has 3 aliphatic heterocycles. The van der Waals surface area contributed by atoms with Crippen molar-refractivity contribution < 1.29 is 87.5 Å². The highest BCUT2D eigenvalue weighted by Crippen LogP contribution is 2.37. The molecule has 2 saturated heterocycles. The molecule has 0 aromatic rings. The van der Waals surface area contributed by atoms with Crippen LogP contribution in [0.4, 0.5) is 0 Å². The third-order valence-electron chi connectivity index (χ3n) is 12.5. The maximum Gasteiger partial charge on any atom is 0.308 e. The van der Waals surface area contributed by atoms with Gasteiger partial charge in [-0.15, -0.1) is 0 Å². The number of quaternary nitrogens is 1. The summed E-state index contributed by atoms with van der Waals surface area (Å²) in [7, 11) is 8.21. The first-order chi connectivity index (χ1) is 28.0. The molecule has 0 aliphatic carbocycles. The number of esters is 1. The van der Waals surface area contributed by atoms with E-state index in [1.165, 1.54) is 62.5 Å². The molecule has 0 spiro atoms. The van der Waals surface area contributed by atoms with E-state index in [2.05, 4.69) is 0 Å². The number of aliphatic hydroxyl groups is 6. The predicted molar refractivity (Wildman–Crippen MR) is 212 cm³/mol. The summed E-state index contributed by atoms with van der Waals surface area (Å²) in [4.78, 5) is 27.6. The fourth-order valence-electron chi connectivity index (χ4n) is 8.61. The lowest BCUT2D eigenvalue weighted by Crippen LogP contribution is -2.67. The highest BCUT2D eigenvalue weighted by atomic mass is 16.7. The average Bonchev–Trinajstić information content (AvgIpc) is 3.18. The van der Waals surface area contributed by atoms with Crippen LogP contribution in [-0.4, -0.2) is 194 Å². The van der Waals surface area contributed by atoms with Crippen LogP contribution in [-0.2, 0) is 52.2 Å². The highest BCUT2D eigenvalue weighted by Gasteiger charge is 2.52. The van der Waals surface area contributed by atoms with E-state index >= 15 is 0 Å². The van der Waals surface area contributed by atoms with Crippen LogP contribution in [0, 0.1) is 28.9 Å². The maximum absolute atomic E-state index is 13.8. The molecule has 0 bridgehead atoms. The van der Waals surface area contributed by atoms with E-state index in [-0.39, 0.29) is 25.9 Å². The number of aliphatic hydroxyl groups excluding tert-OH is 5. The van der Waals surface area contributed by atoms with Crippen molar-refractivity contribution in [3.05, 3.63) is 17.4 Å². The fourth-order valence-corrected chi connectivity index (χ4v) is 8.61. The van der Waals surface area contributed by atoms with Gasteiger partial charge in [-0.25, -0.2) is 0 Å². The van der Waals surface area contributed by atoms with E-state index in [0.717, 1.165) is 6.08 Å². The van der Waals surface area contributed by atoms with Gasteiger partial charge in [-0.1, -0.05) is 20.8 Å². The molecule has 2 fully saturated rings. The van der Waals surface area contributed by atoms with Crippen LogP contribution >= 0.6 is 0 Å². The molecule has 3 rings (SSSR count). The third-order valence-corrected chi connectivity index (χ3v) is 12.5. The Labute approximate surface area is 353 Å². The molecule has 0 saturated carbocycles. The molecule has 0 radical (unpaired) electrons. The van der Waals surface area contributed by atoms with Crippen LogP contribution in [0.5, 0.6) is 0 Å². The molecule has 6 N–H and O–H groups in total. The molecule has 3 aliphatic rings. The van der Waals surface area contributed by atoms with Gasteiger partial charge < -0.3 is 83.1 Å². The van der Waals surface area contributed by atoms with Gasteiger partial charge in [0.2, 0.25) is 0 Å². The van der Waals surface area contributed by atoms with Crippen LogP contribution in [0.25, 0.3) is 0 Å². The van der Waals surface area contributed by atoms with Crippen LogP contribution in [0.1, 0.15) is 67.2 Å². The molecule has 0 aromatic heterocycles. The van der Waals surface area contributed by atoms with Gasteiger partial charge in [-0.2, -0.15) is 0 Å². The van der Waals surface area contributed by atoms with E-state index < -0.39 is 144 Å². The second-order valence-electron chi connectivity index (χ2n) is 17.3. The number of ether oxygens (including phenoxy) is 9. The zero-order valence-corrected chi connectivity index (χ0v) is 37.2. The lowest BCUT2D eigenvalue weighted by Gasteiger charge is -2.52. The van der Waals surface area contributed by atoms with Crippen molar-refractivity contribution in [3.63, 3.8) is 0 Å². The topological polar surface area (TPSA) is 262 Å². The number of hydrogen-bond donors (Lipinski definition) is 6. The highest BCUT2D eigenvalue weighted by molar-refractivity contribution is 5.91. The third kappa shape index (κ3) is 12.9. The van der Waals surface area contributed by atoms with Crippen LogP contribution in [0.3, 0.4) is 0 Å². The molecule has 19 heteroatoms. The van der Waals surface area contributed by atoms with Crippen LogP contribution in [0.2, 0.25) is 0 Å². The molecular formula is C41H73NO18. The molecule has 0 aromatic carbocycles. The van der Waals surface area contributed by atoms with Crippen molar-refractivity contribution in [3.8, 4) is 0 Å². The Morgan fingerprint density at radius 1 is 0.883 bits per heavy atom. The van der Waals surface area contributed by atoms with Gasteiger partial charge in [0.25, 0.3) is 0 Å². The lowest BCUT2D eigenvalue weighted by atomic mass is 9.79. The summed E-state index contributed by atoms with van der Waals surface area (Å²) in [5.41, 5.74) is -2.08. The summed E-state index contributed by atoms with van der Waals surface area (Å²) >= 11 is 0. The minimum Gasteiger partial charge on any atom is -0.633 e. The van der Waals surface area contributed by atoms with E-state index in [1.54, 1.807) is 27.7 Å². The molecule has 0 amide bonds. The Kier molecular flexibility index (Phi) is 19.9. The van der Waals surface area contributed by atoms with Crippen molar-refractivity contribution >= 4 is 11.8 Å². The summed E-state index contributed by atoms with van der Waals surface area (Å²) < 4.78 is 51.4. The second kappa shape index (κ2) is 22.7. The van der Waals surface area contributed by atoms with Crippen molar-refractivity contribution in [2.24, 2.45) is 23.7 Å². The number of cyclic esters (lactones) is 1. The van der Waals surface area contributed by atoms with Crippen molar-refractivity contribution in [1.82, 2.24) is 0 Å². The van der Waals surface area contributed by atoms with Gasteiger partial charge in [0.05, 0.1) is 57.6 Å². The monoisotopic (exact) mass is 867 g/mol. The Hall–Kier alpha value is -1.76. The number of likely N-dealkylation sites (N-methyl/N-ethyl adjacent to an activating group) is 1. The zero-order chi connectivity index (χ0) is 45.4. The average molecular weight is 868 g/mol. The SMILES string of the molecule is CCC1OC(=O)C[C@@H](O)[C@H](C)C(O[C@@H]2O[C@H](C)[C@@H](O)[C@@H]([N+](C)(C)[O-])[C@H]2O)[C@@H](CC(OC)OC)C[C@@H](C)C(=O)/C=C\[C@](C)(O)[C@H](O)[C@@H]1CO[C@@H]1O[C@H](C)[C@@H](O)[C@@H](OC)[C@H]1OC. The number of methoxy groups -OCH3 is 4. The first-order valence-corrected chi connectivity index (χ1v) is 20.8. The van der Waals surface area contributed by atoms with Gasteiger partial charge in [0, 0.05) is 52.6 Å². The Bertz CT molecular complexity index is 1360. The number of carbonyl (C=O) groups excluding carboxylic acids is 2. The standard InChI is InChI=1S/C41H73NO18/c1-13-28-25(19-56-40-37(55-12)36(54-11)33(47)23(5)58-40)38(49)41(6,50)15-14-26(43)20(2)16-24(17-30(52-9)53-10)35(21(3)27(44)18-29(45)59-28)60-39-34(48)31(42(7,8)51)32(46)22(4)57-39/h14-15,20-25,27-28,30-40,44,46-50H,13,16-19H2,1-12H3/b15-14-/t20-,21+,22-,23-,24-,25-,27-,28?,31-,32-,33-,34-,35?,36-,37-,38-,39+,40-,41+/m1/s1. The van der Waals surface area contributed by atoms with Crippen molar-refractivity contribution in [1.29, 1.82) is 0 Å². The normalized spacial score (nSPS) is 43.8. The first kappa shape index (κ1) is 52.6. The number of allylic oxidation sites excluding steroid dienone is 1. The van der Waals surface area contributed by atoms with E-state index in [4.69, 9.17) is 42.6 Å². The summed E-state index contributed by atoms with van der Waals surface area (Å²) in [5.74, 6) is -4.83. The molecule has 60 heavy (non-hydrogen) atoms. The predicted octanol–water partition coefficient (Wildman–Crippen LogP) is 0.161. The second-order valence-corrected chi connectivity index (χ2v) is 17.3. The van der Waals surface area contributed by atoms with Gasteiger partial charge >= 0.3 is 5.97 Å². The minimum atomic E-state index is -2.08. The quantitative estimate of drug-likeness (QED) is 0.0624. The number of hydroxylamine groups is 3. The zero-order valence-electron chi connectivity index (χ0n) is 37.2. The van der Waals surface area contributed by atoms with Crippen LogP contribution in [0.15, 0.2) is 12.2 Å². The Morgan fingerprint density at radius 2 is 1.47 bits per heavy atom. The number of nitrogens with zero attached hydrogens (tertiary/aromatic N) is 1. The smallest absolute Gasteiger partial charge is 0.308 e. The molecular weight excluding hydrogens is 794 g/mol. The van der Waals surface area contributed by atoms with Crippen molar-refractivity contribution in [2.75, 3.05) is 49.1 Å². The fraction of sp³-hybridized carbons (Fsp3) is 0.902. The van der Waals surface area contributed by atoms with Gasteiger partial charge in [0.1, 0.15) is 42.2 Å². The summed E-state index contributed by atoms with van der Waals surface area (Å²) in [6, 6.07) is -1.28. The van der Waals surface area contributed by atoms with Crippen molar-refractivity contribution in [2.45, 2.75) is 165 Å². The lowest BCUT2D eigenvalue weighted by molar-refractivity contribution is -0.879. The van der Waals surface area contributed by atoms with E-state index in [9.17, 15) is 45.4 Å². The van der Waals surface area contributed by atoms with Gasteiger partial charge in [0.15, 0.2) is 30.8 Å². The summed E-state index contributed by atoms with van der Waals surface area (Å²) in [5, 5.41) is 81.4. The molecule has 350 valence electrons. The van der Waals surface area contributed by atoms with Crippen LogP contribution < -0.4 is 0 Å². The van der Waals surface area contributed by atoms with Gasteiger partial charge in [-0.3, -0.25) is 9.59 Å². The number of rotatable bonds is 13. The molecule has 19 atom stereocenters.